The average Bonchev–Trinajstić information content (AvgIpc) is 2.29. The number of aryl methyl sites for hydroxylation is 2. The summed E-state index contributed by atoms with van der Waals surface area (Å²) in [5, 5.41) is 1.07. The molecule has 0 radical (unpaired) electrons. The summed E-state index contributed by atoms with van der Waals surface area (Å²) in [4.78, 5) is 0. The van der Waals surface area contributed by atoms with Crippen molar-refractivity contribution in [3.05, 3.63) is 34.9 Å². The van der Waals surface area contributed by atoms with E-state index in [0.29, 0.717) is 11.8 Å². The summed E-state index contributed by atoms with van der Waals surface area (Å²) >= 11 is 3.65. The van der Waals surface area contributed by atoms with Gasteiger partial charge in [-0.2, -0.15) is 0 Å². The minimum Gasteiger partial charge on any atom is -0.0921 e. The molecule has 88 valence electrons. The van der Waals surface area contributed by atoms with E-state index in [-0.39, 0.29) is 0 Å². The van der Waals surface area contributed by atoms with Crippen molar-refractivity contribution in [3.63, 3.8) is 0 Å². The Bertz CT molecular complexity index is 354. The normalized spacial score (nSPS) is 17.2. The molecule has 0 saturated carbocycles. The van der Waals surface area contributed by atoms with Gasteiger partial charge in [0.25, 0.3) is 0 Å². The van der Waals surface area contributed by atoms with Crippen LogP contribution in [0, 0.1) is 5.92 Å². The lowest BCUT2D eigenvalue weighted by atomic mass is 9.85. The van der Waals surface area contributed by atoms with Gasteiger partial charge in [-0.25, -0.2) is 0 Å². The standard InChI is InChI=1S/C15H21Br/c1-11(2)15(10-16)14-8-7-12-5-3-4-6-13(12)9-14/h7-9,11,15H,3-6,10H2,1-2H3. The van der Waals surface area contributed by atoms with Crippen molar-refractivity contribution in [1.29, 1.82) is 0 Å². The van der Waals surface area contributed by atoms with Gasteiger partial charge in [0.1, 0.15) is 0 Å². The van der Waals surface area contributed by atoms with Crippen molar-refractivity contribution in [3.8, 4) is 0 Å². The molecule has 0 nitrogen and oxygen atoms in total. The van der Waals surface area contributed by atoms with Crippen molar-refractivity contribution < 1.29 is 0 Å². The Labute approximate surface area is 108 Å². The van der Waals surface area contributed by atoms with Crippen LogP contribution in [0.2, 0.25) is 0 Å². The molecule has 1 heteroatoms. The van der Waals surface area contributed by atoms with E-state index in [0.717, 1.165) is 5.33 Å². The Morgan fingerprint density at radius 1 is 1.12 bits per heavy atom. The molecule has 1 aromatic rings. The Morgan fingerprint density at radius 2 is 1.81 bits per heavy atom. The van der Waals surface area contributed by atoms with Gasteiger partial charge in [0.15, 0.2) is 0 Å². The van der Waals surface area contributed by atoms with Crippen molar-refractivity contribution in [1.82, 2.24) is 0 Å². The average molecular weight is 281 g/mol. The van der Waals surface area contributed by atoms with Crippen LogP contribution in [0.25, 0.3) is 0 Å². The molecule has 0 amide bonds. The molecule has 1 unspecified atom stereocenters. The summed E-state index contributed by atoms with van der Waals surface area (Å²) in [6, 6.07) is 7.17. The first-order chi connectivity index (χ1) is 7.72. The zero-order valence-corrected chi connectivity index (χ0v) is 11.9. The van der Waals surface area contributed by atoms with Gasteiger partial charge in [-0.3, -0.25) is 0 Å². The van der Waals surface area contributed by atoms with Crippen LogP contribution in [0.15, 0.2) is 18.2 Å². The van der Waals surface area contributed by atoms with Gasteiger partial charge in [-0.05, 0) is 54.2 Å². The fraction of sp³-hybridized carbons (Fsp3) is 0.600. The number of fused-ring (bicyclic) bond motifs is 1. The van der Waals surface area contributed by atoms with Gasteiger partial charge in [0.2, 0.25) is 0 Å². The third-order valence-electron chi connectivity index (χ3n) is 3.77. The topological polar surface area (TPSA) is 0 Å². The highest BCUT2D eigenvalue weighted by molar-refractivity contribution is 9.09. The molecule has 0 fully saturated rings. The maximum atomic E-state index is 3.65. The monoisotopic (exact) mass is 280 g/mol. The molecule has 0 spiro atoms. The lowest BCUT2D eigenvalue weighted by Gasteiger charge is -2.22. The van der Waals surface area contributed by atoms with E-state index < -0.39 is 0 Å². The number of alkyl halides is 1. The van der Waals surface area contributed by atoms with Gasteiger partial charge in [0, 0.05) is 5.33 Å². The molecule has 0 aromatic heterocycles. The third-order valence-corrected chi connectivity index (χ3v) is 4.47. The van der Waals surface area contributed by atoms with E-state index >= 15 is 0 Å². The predicted octanol–water partition coefficient (Wildman–Crippen LogP) is 4.70. The first kappa shape index (κ1) is 12.2. The second kappa shape index (κ2) is 5.35. The van der Waals surface area contributed by atoms with Gasteiger partial charge in [-0.1, -0.05) is 48.0 Å². The molecule has 0 saturated heterocycles. The second-order valence-electron chi connectivity index (χ2n) is 5.24. The van der Waals surface area contributed by atoms with Gasteiger partial charge < -0.3 is 0 Å². The second-order valence-corrected chi connectivity index (χ2v) is 5.89. The maximum absolute atomic E-state index is 3.65. The lowest BCUT2D eigenvalue weighted by Crippen LogP contribution is -2.10. The van der Waals surface area contributed by atoms with Gasteiger partial charge >= 0.3 is 0 Å². The number of halogens is 1. The third kappa shape index (κ3) is 2.51. The first-order valence-corrected chi connectivity index (χ1v) is 7.52. The summed E-state index contributed by atoms with van der Waals surface area (Å²) in [5.41, 5.74) is 4.72. The van der Waals surface area contributed by atoms with E-state index in [1.165, 1.54) is 31.2 Å². The Balaban J connectivity index is 2.28. The Morgan fingerprint density at radius 3 is 2.44 bits per heavy atom. The van der Waals surface area contributed by atoms with E-state index in [1.807, 2.05) is 0 Å². The summed E-state index contributed by atoms with van der Waals surface area (Å²) in [6.45, 7) is 4.62. The minimum atomic E-state index is 0.659. The fourth-order valence-corrected chi connectivity index (χ4v) is 3.76. The van der Waals surface area contributed by atoms with Gasteiger partial charge in [-0.15, -0.1) is 0 Å². The predicted molar refractivity (Wildman–Crippen MR) is 74.5 cm³/mol. The zero-order valence-electron chi connectivity index (χ0n) is 10.3. The van der Waals surface area contributed by atoms with Crippen molar-refractivity contribution in [2.45, 2.75) is 45.4 Å². The van der Waals surface area contributed by atoms with Crippen LogP contribution in [0.1, 0.15) is 49.3 Å². The molecule has 16 heavy (non-hydrogen) atoms. The van der Waals surface area contributed by atoms with Gasteiger partial charge in [0.05, 0.1) is 0 Å². The highest BCUT2D eigenvalue weighted by Crippen LogP contribution is 2.30. The van der Waals surface area contributed by atoms with Crippen LogP contribution in [-0.4, -0.2) is 5.33 Å². The fourth-order valence-electron chi connectivity index (χ4n) is 2.64. The quantitative estimate of drug-likeness (QED) is 0.704. The van der Waals surface area contributed by atoms with E-state index in [4.69, 9.17) is 0 Å². The smallest absolute Gasteiger partial charge is 0.0103 e. The number of hydrogen-bond donors (Lipinski definition) is 0. The number of hydrogen-bond acceptors (Lipinski definition) is 0. The summed E-state index contributed by atoms with van der Waals surface area (Å²) in [7, 11) is 0. The molecule has 0 aliphatic heterocycles. The van der Waals surface area contributed by atoms with Crippen LogP contribution in [0.4, 0.5) is 0 Å². The van der Waals surface area contributed by atoms with E-state index in [2.05, 4.69) is 48.0 Å². The van der Waals surface area contributed by atoms with Crippen LogP contribution >= 0.6 is 15.9 Å². The summed E-state index contributed by atoms with van der Waals surface area (Å²) in [6.07, 6.45) is 5.32. The molecular weight excluding hydrogens is 260 g/mol. The molecule has 0 bridgehead atoms. The van der Waals surface area contributed by atoms with Crippen LogP contribution in [0.5, 0.6) is 0 Å². The van der Waals surface area contributed by atoms with Crippen molar-refractivity contribution in [2.75, 3.05) is 5.33 Å². The van der Waals surface area contributed by atoms with Crippen molar-refractivity contribution in [2.24, 2.45) is 5.92 Å². The zero-order chi connectivity index (χ0) is 11.5. The highest BCUT2D eigenvalue weighted by atomic mass is 79.9. The molecule has 1 aliphatic carbocycles. The largest absolute Gasteiger partial charge is 0.0921 e. The molecule has 1 atom stereocenters. The Kier molecular flexibility index (Phi) is 4.07. The van der Waals surface area contributed by atoms with E-state index in [9.17, 15) is 0 Å². The molecule has 0 heterocycles. The van der Waals surface area contributed by atoms with E-state index in [1.54, 1.807) is 11.1 Å². The maximum Gasteiger partial charge on any atom is 0.0103 e. The lowest BCUT2D eigenvalue weighted by molar-refractivity contribution is 0.543. The molecule has 1 aliphatic rings. The van der Waals surface area contributed by atoms with Crippen LogP contribution in [-0.2, 0) is 12.8 Å². The highest BCUT2D eigenvalue weighted by Gasteiger charge is 2.17. The Hall–Kier alpha value is -0.300. The number of benzene rings is 1. The number of rotatable bonds is 3. The summed E-state index contributed by atoms with van der Waals surface area (Å²) in [5.74, 6) is 1.37. The molecule has 0 N–H and O–H groups in total. The van der Waals surface area contributed by atoms with Crippen molar-refractivity contribution >= 4 is 15.9 Å². The molecule has 1 aromatic carbocycles. The molecule has 2 rings (SSSR count). The molecular formula is C15H21Br. The first-order valence-electron chi connectivity index (χ1n) is 6.40. The van der Waals surface area contributed by atoms with Crippen LogP contribution < -0.4 is 0 Å². The van der Waals surface area contributed by atoms with Crippen LogP contribution in [0.3, 0.4) is 0 Å². The summed E-state index contributed by atoms with van der Waals surface area (Å²) < 4.78 is 0. The SMILES string of the molecule is CC(C)C(CBr)c1ccc2c(c1)CCCC2. The minimum absolute atomic E-state index is 0.659.